The molecule has 13 heteroatoms. The average molecular weight is 795 g/mol. The van der Waals surface area contributed by atoms with Gasteiger partial charge in [0.05, 0.1) is 18.8 Å². The highest BCUT2D eigenvalue weighted by molar-refractivity contribution is 7.47. The van der Waals surface area contributed by atoms with Gasteiger partial charge in [0.2, 0.25) is 0 Å². The fourth-order valence-corrected chi connectivity index (χ4v) is 7.85. The minimum atomic E-state index is -4.97. The highest BCUT2D eigenvalue weighted by Gasteiger charge is 2.46. The minimum absolute atomic E-state index is 0.134. The first-order chi connectivity index (χ1) is 26.0. The van der Waals surface area contributed by atoms with E-state index in [1.807, 2.05) is 0 Å². The van der Waals surface area contributed by atoms with Gasteiger partial charge in [-0.15, -0.1) is 0 Å². The van der Waals surface area contributed by atoms with E-state index in [1.165, 1.54) is 116 Å². The topological polar surface area (TPSA) is 189 Å². The number of phosphoric acid groups is 1. The molecule has 320 valence electrons. The van der Waals surface area contributed by atoms with Gasteiger partial charge in [-0.2, -0.15) is 0 Å². The second-order valence-corrected chi connectivity index (χ2v) is 16.9. The predicted octanol–water partition coefficient (Wildman–Crippen LogP) is 8.75. The second-order valence-electron chi connectivity index (χ2n) is 15.5. The van der Waals surface area contributed by atoms with E-state index in [0.717, 1.165) is 38.5 Å². The Morgan fingerprint density at radius 3 is 1.37 bits per heavy atom. The summed E-state index contributed by atoms with van der Waals surface area (Å²) in [5, 5.41) is 40.0. The maximum Gasteiger partial charge on any atom is 0.472 e. The molecule has 1 aliphatic rings. The van der Waals surface area contributed by atoms with E-state index in [1.54, 1.807) is 0 Å². The van der Waals surface area contributed by atoms with E-state index < -0.39 is 69.4 Å². The number of rotatable bonds is 36. The quantitative estimate of drug-likeness (QED) is 0.0231. The Kier molecular flexibility index (Phi) is 31.0. The van der Waals surface area contributed by atoms with Crippen molar-refractivity contribution in [2.45, 2.75) is 237 Å². The van der Waals surface area contributed by atoms with Crippen molar-refractivity contribution in [2.75, 3.05) is 13.2 Å². The molecule has 0 heterocycles. The van der Waals surface area contributed by atoms with Crippen LogP contribution in [0.1, 0.15) is 200 Å². The van der Waals surface area contributed by atoms with Crippen LogP contribution in [0.25, 0.3) is 0 Å². The SMILES string of the molecule is CCCCCCCCCCCCCCCC(=O)OCC(COP(=O)(O)O[C@H]1[C@H](O)[C@@H](O)[C@H](O)C[C@H]1O)OC(=O)CCCCCCCCCCCCCCC. The zero-order valence-corrected chi connectivity index (χ0v) is 34.8. The highest BCUT2D eigenvalue weighted by atomic mass is 31.2. The summed E-state index contributed by atoms with van der Waals surface area (Å²) in [6.45, 7) is 3.42. The molecular formula is C41H79O12P. The van der Waals surface area contributed by atoms with Gasteiger partial charge in [-0.05, 0) is 12.8 Å². The first-order valence-corrected chi connectivity index (χ1v) is 23.2. The predicted molar refractivity (Wildman–Crippen MR) is 211 cm³/mol. The number of aliphatic hydroxyl groups is 4. The monoisotopic (exact) mass is 795 g/mol. The molecule has 2 unspecified atom stereocenters. The molecule has 0 aromatic rings. The van der Waals surface area contributed by atoms with E-state index >= 15 is 0 Å². The molecule has 0 aromatic carbocycles. The maximum absolute atomic E-state index is 12.7. The van der Waals surface area contributed by atoms with E-state index in [2.05, 4.69) is 13.8 Å². The normalized spacial score (nSPS) is 21.8. The summed E-state index contributed by atoms with van der Waals surface area (Å²) in [5.74, 6) is -1.02. The lowest BCUT2D eigenvalue weighted by Gasteiger charge is -2.38. The molecule has 0 bridgehead atoms. The number of unbranched alkanes of at least 4 members (excludes halogenated alkanes) is 24. The lowest BCUT2D eigenvalue weighted by atomic mass is 9.87. The van der Waals surface area contributed by atoms with E-state index in [-0.39, 0.29) is 19.4 Å². The van der Waals surface area contributed by atoms with Gasteiger partial charge in [-0.25, -0.2) is 4.57 Å². The molecule has 0 radical (unpaired) electrons. The molecule has 1 aliphatic carbocycles. The molecule has 54 heavy (non-hydrogen) atoms. The Morgan fingerprint density at radius 1 is 0.556 bits per heavy atom. The Bertz CT molecular complexity index is 968. The van der Waals surface area contributed by atoms with Crippen molar-refractivity contribution < 1.29 is 58.0 Å². The molecule has 0 saturated heterocycles. The molecule has 1 saturated carbocycles. The molecule has 0 spiro atoms. The van der Waals surface area contributed by atoms with Gasteiger partial charge < -0.3 is 34.8 Å². The molecule has 1 rings (SSSR count). The molecule has 1 fully saturated rings. The van der Waals surface area contributed by atoms with Crippen molar-refractivity contribution in [1.29, 1.82) is 0 Å². The lowest BCUT2D eigenvalue weighted by molar-refractivity contribution is -0.174. The van der Waals surface area contributed by atoms with Gasteiger partial charge in [0.1, 0.15) is 24.9 Å². The third kappa shape index (κ3) is 26.7. The van der Waals surface area contributed by atoms with Gasteiger partial charge >= 0.3 is 19.8 Å². The number of phosphoric ester groups is 1. The van der Waals surface area contributed by atoms with Crippen molar-refractivity contribution in [3.63, 3.8) is 0 Å². The van der Waals surface area contributed by atoms with Crippen LogP contribution in [0.4, 0.5) is 0 Å². The molecular weight excluding hydrogens is 715 g/mol. The summed E-state index contributed by atoms with van der Waals surface area (Å²) in [6, 6.07) is 0. The van der Waals surface area contributed by atoms with E-state index in [4.69, 9.17) is 18.5 Å². The van der Waals surface area contributed by atoms with Crippen molar-refractivity contribution in [3.8, 4) is 0 Å². The zero-order valence-electron chi connectivity index (χ0n) is 33.9. The van der Waals surface area contributed by atoms with E-state index in [9.17, 15) is 39.5 Å². The Labute approximate surface area is 327 Å². The van der Waals surface area contributed by atoms with Crippen LogP contribution in [0, 0.1) is 0 Å². The van der Waals surface area contributed by atoms with Crippen LogP contribution >= 0.6 is 7.82 Å². The Balaban J connectivity index is 2.44. The van der Waals surface area contributed by atoms with Gasteiger partial charge in [-0.1, -0.05) is 168 Å². The number of carbonyl (C=O) groups is 2. The van der Waals surface area contributed by atoms with Crippen LogP contribution in [0.15, 0.2) is 0 Å². The van der Waals surface area contributed by atoms with Crippen LogP contribution in [0.5, 0.6) is 0 Å². The summed E-state index contributed by atoms with van der Waals surface area (Å²) in [7, 11) is -4.97. The third-order valence-corrected chi connectivity index (χ3v) is 11.3. The van der Waals surface area contributed by atoms with Gasteiger partial charge in [0.25, 0.3) is 0 Å². The van der Waals surface area contributed by atoms with Gasteiger partial charge in [0, 0.05) is 19.3 Å². The largest absolute Gasteiger partial charge is 0.472 e. The fraction of sp³-hybridized carbons (Fsp3) is 0.951. The number of esters is 2. The summed E-state index contributed by atoms with van der Waals surface area (Å²) < 4.78 is 33.6. The van der Waals surface area contributed by atoms with Crippen LogP contribution in [-0.2, 0) is 32.7 Å². The van der Waals surface area contributed by atoms with Crippen molar-refractivity contribution in [2.24, 2.45) is 0 Å². The van der Waals surface area contributed by atoms with Crippen LogP contribution in [0.2, 0.25) is 0 Å². The summed E-state index contributed by atoms with van der Waals surface area (Å²) in [5.41, 5.74) is 0. The number of aliphatic hydroxyl groups excluding tert-OH is 4. The van der Waals surface area contributed by atoms with Crippen LogP contribution in [0.3, 0.4) is 0 Å². The Morgan fingerprint density at radius 2 is 0.944 bits per heavy atom. The molecule has 5 N–H and O–H groups in total. The van der Waals surface area contributed by atoms with Gasteiger partial charge in [0.15, 0.2) is 6.10 Å². The lowest BCUT2D eigenvalue weighted by Crippen LogP contribution is -2.56. The summed E-state index contributed by atoms with van der Waals surface area (Å²) in [6.07, 6.45) is 21.0. The summed E-state index contributed by atoms with van der Waals surface area (Å²) >= 11 is 0. The molecule has 0 aliphatic heterocycles. The average Bonchev–Trinajstić information content (AvgIpc) is 3.14. The van der Waals surface area contributed by atoms with Crippen molar-refractivity contribution in [3.05, 3.63) is 0 Å². The van der Waals surface area contributed by atoms with Gasteiger partial charge in [-0.3, -0.25) is 18.6 Å². The number of carbonyl (C=O) groups excluding carboxylic acids is 2. The second kappa shape index (κ2) is 32.9. The fourth-order valence-electron chi connectivity index (χ4n) is 6.86. The molecule has 12 nitrogen and oxygen atoms in total. The minimum Gasteiger partial charge on any atom is -0.462 e. The zero-order chi connectivity index (χ0) is 39.9. The Hall–Kier alpha value is -1.11. The van der Waals surface area contributed by atoms with Crippen molar-refractivity contribution in [1.82, 2.24) is 0 Å². The van der Waals surface area contributed by atoms with Crippen LogP contribution in [-0.4, -0.2) is 87.1 Å². The van der Waals surface area contributed by atoms with Crippen LogP contribution < -0.4 is 0 Å². The first kappa shape index (κ1) is 50.9. The number of hydrogen-bond donors (Lipinski definition) is 5. The standard InChI is InChI=1S/C41H79O12P/c1-3-5-7-9-11-13-15-17-19-21-23-25-27-29-37(44)50-32-34(33-51-54(48,49)53-41-36(43)31-35(42)39(46)40(41)47)52-38(45)30-28-26-24-22-20-18-16-14-12-10-8-6-4-2/h34-36,39-43,46-47H,3-33H2,1-2H3,(H,48,49)/t34?,35-,36-,39+,40-,41-/m1/s1. The number of hydrogen-bond acceptors (Lipinski definition) is 11. The maximum atomic E-state index is 12.7. The highest BCUT2D eigenvalue weighted by Crippen LogP contribution is 2.47. The molecule has 7 atom stereocenters. The van der Waals surface area contributed by atoms with Crippen molar-refractivity contribution >= 4 is 19.8 Å². The van der Waals surface area contributed by atoms with E-state index in [0.29, 0.717) is 12.8 Å². The molecule has 0 aromatic heterocycles. The number of ether oxygens (including phenoxy) is 2. The first-order valence-electron chi connectivity index (χ1n) is 21.7. The smallest absolute Gasteiger partial charge is 0.462 e. The third-order valence-electron chi connectivity index (χ3n) is 10.3. The summed E-state index contributed by atoms with van der Waals surface area (Å²) in [4.78, 5) is 35.5. The molecule has 0 amide bonds.